The number of benzene rings is 2. The maximum absolute atomic E-state index is 12.9. The van der Waals surface area contributed by atoms with Gasteiger partial charge in [0.1, 0.15) is 12.1 Å². The maximum Gasteiger partial charge on any atom is 0.329 e. The van der Waals surface area contributed by atoms with E-state index in [0.29, 0.717) is 6.67 Å². The third-order valence-electron chi connectivity index (χ3n) is 4.81. The Hall–Kier alpha value is -2.66. The Morgan fingerprint density at radius 3 is 2.36 bits per heavy atom. The van der Waals surface area contributed by atoms with Gasteiger partial charge in [-0.3, -0.25) is 4.79 Å². The number of nitrogens with zero attached hydrogens (tertiary/aromatic N) is 1. The number of carbonyl (C=O) groups is 2. The maximum atomic E-state index is 12.9. The van der Waals surface area contributed by atoms with E-state index < -0.39 is 5.54 Å². The van der Waals surface area contributed by atoms with Crippen LogP contribution in [0.5, 0.6) is 0 Å². The van der Waals surface area contributed by atoms with Gasteiger partial charge >= 0.3 is 6.03 Å². The molecule has 0 aromatic heterocycles. The van der Waals surface area contributed by atoms with E-state index in [2.05, 4.69) is 24.4 Å². The average Bonchev–Trinajstić information content (AvgIpc) is 2.82. The van der Waals surface area contributed by atoms with Gasteiger partial charge < -0.3 is 10.2 Å². The molecule has 1 heterocycles. The van der Waals surface area contributed by atoms with Crippen LogP contribution in [0.4, 0.5) is 4.79 Å². The topological polar surface area (TPSA) is 53.9 Å². The van der Waals surface area contributed by atoms with Crippen molar-refractivity contribution in [3.63, 3.8) is 0 Å². The Morgan fingerprint density at radius 2 is 1.68 bits per heavy atom. The highest BCUT2D eigenvalue weighted by Crippen LogP contribution is 2.27. The molecule has 3 rings (SSSR count). The first-order valence-corrected chi connectivity index (χ1v) is 8.47. The lowest BCUT2D eigenvalue weighted by molar-refractivity contribution is -0.901. The number of hydrogen-bond acceptors (Lipinski definition) is 2. The quantitative estimate of drug-likeness (QED) is 0.811. The van der Waals surface area contributed by atoms with Crippen molar-refractivity contribution in [2.45, 2.75) is 25.9 Å². The summed E-state index contributed by atoms with van der Waals surface area (Å²) in [5.41, 5.74) is 2.24. The van der Waals surface area contributed by atoms with Crippen molar-refractivity contribution in [3.05, 3.63) is 71.3 Å². The van der Waals surface area contributed by atoms with Gasteiger partial charge in [-0.25, -0.2) is 9.69 Å². The van der Waals surface area contributed by atoms with Gasteiger partial charge in [0.15, 0.2) is 6.67 Å². The van der Waals surface area contributed by atoms with E-state index in [9.17, 15) is 9.59 Å². The molecule has 5 heteroatoms. The van der Waals surface area contributed by atoms with E-state index in [0.717, 1.165) is 17.0 Å². The summed E-state index contributed by atoms with van der Waals surface area (Å²) in [7, 11) is 1.99. The smallest absolute Gasteiger partial charge is 0.319 e. The van der Waals surface area contributed by atoms with Gasteiger partial charge in [0.2, 0.25) is 0 Å². The highest BCUT2D eigenvalue weighted by molar-refractivity contribution is 6.07. The summed E-state index contributed by atoms with van der Waals surface area (Å²) in [6.45, 7) is 4.93. The SMILES string of the molecule is Cc1ccccc1C[NH+](C)CN1C(=O)N[C@@](C)(c2ccccc2)C1=O. The molecule has 2 aromatic carbocycles. The molecule has 1 saturated heterocycles. The average molecular weight is 338 g/mol. The molecule has 130 valence electrons. The fraction of sp³-hybridized carbons (Fsp3) is 0.300. The lowest BCUT2D eigenvalue weighted by atomic mass is 9.92. The molecule has 2 aromatic rings. The van der Waals surface area contributed by atoms with Crippen LogP contribution in [0.1, 0.15) is 23.6 Å². The van der Waals surface area contributed by atoms with Gasteiger partial charge in [-0.15, -0.1) is 0 Å². The van der Waals surface area contributed by atoms with Crippen molar-refractivity contribution in [3.8, 4) is 0 Å². The number of nitrogens with one attached hydrogen (secondary N) is 2. The Kier molecular flexibility index (Phi) is 4.59. The summed E-state index contributed by atoms with van der Waals surface area (Å²) >= 11 is 0. The number of aryl methyl sites for hydroxylation is 1. The lowest BCUT2D eigenvalue weighted by Gasteiger charge is -2.23. The predicted molar refractivity (Wildman–Crippen MR) is 95.8 cm³/mol. The Balaban J connectivity index is 1.74. The van der Waals surface area contributed by atoms with Crippen LogP contribution in [0.15, 0.2) is 54.6 Å². The van der Waals surface area contributed by atoms with Crippen molar-refractivity contribution in [2.24, 2.45) is 0 Å². The van der Waals surface area contributed by atoms with Gasteiger partial charge in [0, 0.05) is 5.56 Å². The van der Waals surface area contributed by atoms with Crippen LogP contribution in [0.25, 0.3) is 0 Å². The molecule has 1 aliphatic heterocycles. The van der Waals surface area contributed by atoms with E-state index >= 15 is 0 Å². The van der Waals surface area contributed by atoms with Gasteiger partial charge in [-0.05, 0) is 25.0 Å². The molecule has 0 aliphatic carbocycles. The van der Waals surface area contributed by atoms with E-state index in [4.69, 9.17) is 0 Å². The Bertz CT molecular complexity index is 791. The molecule has 2 atom stereocenters. The first-order chi connectivity index (χ1) is 11.9. The minimum Gasteiger partial charge on any atom is -0.319 e. The zero-order chi connectivity index (χ0) is 18.0. The van der Waals surface area contributed by atoms with Crippen LogP contribution in [0, 0.1) is 6.92 Å². The molecule has 2 N–H and O–H groups in total. The van der Waals surface area contributed by atoms with Gasteiger partial charge in [0.25, 0.3) is 5.91 Å². The summed E-state index contributed by atoms with van der Waals surface area (Å²) in [5.74, 6) is -0.201. The fourth-order valence-electron chi connectivity index (χ4n) is 3.27. The molecule has 0 bridgehead atoms. The number of imide groups is 1. The van der Waals surface area contributed by atoms with Gasteiger partial charge in [0.05, 0.1) is 7.05 Å². The normalized spacial score (nSPS) is 21.3. The summed E-state index contributed by atoms with van der Waals surface area (Å²) in [6.07, 6.45) is 0. The predicted octanol–water partition coefficient (Wildman–Crippen LogP) is 1.43. The second-order valence-electron chi connectivity index (χ2n) is 6.87. The number of carbonyl (C=O) groups excluding carboxylic acids is 2. The minimum atomic E-state index is -0.999. The number of amides is 3. The fourth-order valence-corrected chi connectivity index (χ4v) is 3.27. The van der Waals surface area contributed by atoms with E-state index in [1.54, 1.807) is 6.92 Å². The monoisotopic (exact) mass is 338 g/mol. The second-order valence-corrected chi connectivity index (χ2v) is 6.87. The number of quaternary nitrogens is 1. The second kappa shape index (κ2) is 6.69. The zero-order valence-electron chi connectivity index (χ0n) is 14.9. The summed E-state index contributed by atoms with van der Waals surface area (Å²) < 4.78 is 0. The highest BCUT2D eigenvalue weighted by atomic mass is 16.2. The van der Waals surface area contributed by atoms with E-state index in [-0.39, 0.29) is 11.9 Å². The van der Waals surface area contributed by atoms with E-state index in [1.807, 2.05) is 49.5 Å². The molecule has 0 spiro atoms. The first-order valence-electron chi connectivity index (χ1n) is 8.47. The van der Waals surface area contributed by atoms with Crippen LogP contribution in [-0.2, 0) is 16.9 Å². The molecule has 0 radical (unpaired) electrons. The van der Waals surface area contributed by atoms with Gasteiger partial charge in [-0.2, -0.15) is 0 Å². The third-order valence-corrected chi connectivity index (χ3v) is 4.81. The van der Waals surface area contributed by atoms with Crippen molar-refractivity contribution >= 4 is 11.9 Å². The van der Waals surface area contributed by atoms with E-state index in [1.165, 1.54) is 16.0 Å². The van der Waals surface area contributed by atoms with Crippen LogP contribution < -0.4 is 10.2 Å². The van der Waals surface area contributed by atoms with Crippen molar-refractivity contribution in [1.29, 1.82) is 0 Å². The molecule has 1 unspecified atom stereocenters. The van der Waals surface area contributed by atoms with Crippen LogP contribution >= 0.6 is 0 Å². The molecule has 0 saturated carbocycles. The number of rotatable bonds is 5. The standard InChI is InChI=1S/C20H23N3O2/c1-15-9-7-8-10-16(15)13-22(3)14-23-18(24)20(2,21-19(23)25)17-11-5-4-6-12-17/h4-12H,13-14H2,1-3H3,(H,21,25)/p+1/t20-/m0/s1. The molecule has 25 heavy (non-hydrogen) atoms. The highest BCUT2D eigenvalue weighted by Gasteiger charge is 2.49. The molecule has 3 amide bonds. The molecular formula is C20H24N3O2+. The number of hydrogen-bond donors (Lipinski definition) is 2. The van der Waals surface area contributed by atoms with Gasteiger partial charge in [-0.1, -0.05) is 54.6 Å². The Morgan fingerprint density at radius 1 is 1.04 bits per heavy atom. The summed E-state index contributed by atoms with van der Waals surface area (Å²) in [5, 5.41) is 2.85. The van der Waals surface area contributed by atoms with Crippen LogP contribution in [0.3, 0.4) is 0 Å². The minimum absolute atomic E-state index is 0.201. The molecule has 1 aliphatic rings. The molecule has 1 fully saturated rings. The van der Waals surface area contributed by atoms with Crippen molar-refractivity contribution in [2.75, 3.05) is 13.7 Å². The summed E-state index contributed by atoms with van der Waals surface area (Å²) in [6, 6.07) is 17.2. The lowest BCUT2D eigenvalue weighted by Crippen LogP contribution is -3.09. The van der Waals surface area contributed by atoms with Crippen LogP contribution in [0.2, 0.25) is 0 Å². The third kappa shape index (κ3) is 3.28. The van der Waals surface area contributed by atoms with Crippen molar-refractivity contribution in [1.82, 2.24) is 10.2 Å². The van der Waals surface area contributed by atoms with Crippen molar-refractivity contribution < 1.29 is 14.5 Å². The number of urea groups is 1. The van der Waals surface area contributed by atoms with Crippen LogP contribution in [-0.4, -0.2) is 30.6 Å². The molecular weight excluding hydrogens is 314 g/mol. The molecule has 5 nitrogen and oxygen atoms in total. The first kappa shape index (κ1) is 17.2. The zero-order valence-corrected chi connectivity index (χ0v) is 14.9. The largest absolute Gasteiger partial charge is 0.329 e. The summed E-state index contributed by atoms with van der Waals surface area (Å²) in [4.78, 5) is 27.7. The Labute approximate surface area is 148 Å².